The van der Waals surface area contributed by atoms with Gasteiger partial charge in [-0.05, 0) is 42.9 Å². The van der Waals surface area contributed by atoms with Gasteiger partial charge in [0.1, 0.15) is 0 Å². The van der Waals surface area contributed by atoms with Crippen molar-refractivity contribution in [3.8, 4) is 0 Å². The lowest BCUT2D eigenvalue weighted by Crippen LogP contribution is -2.47. The number of nitrogens with zero attached hydrogens (tertiary/aromatic N) is 2. The Morgan fingerprint density at radius 3 is 2.44 bits per heavy atom. The van der Waals surface area contributed by atoms with Gasteiger partial charge in [-0.1, -0.05) is 48.0 Å². The number of rotatable bonds is 7. The van der Waals surface area contributed by atoms with Gasteiger partial charge in [0.05, 0.1) is 34.8 Å². The molecular formula is C29H29ClN6O3. The molecular weight excluding hydrogens is 516 g/mol. The molecule has 1 fully saturated rings. The van der Waals surface area contributed by atoms with Crippen LogP contribution >= 0.6 is 11.6 Å². The molecule has 39 heavy (non-hydrogen) atoms. The highest BCUT2D eigenvalue weighted by Gasteiger charge is 2.29. The third-order valence-electron chi connectivity index (χ3n) is 6.83. The summed E-state index contributed by atoms with van der Waals surface area (Å²) in [5.41, 5.74) is 9.82. The molecule has 5 N–H and O–H groups in total. The number of primary amides is 1. The van der Waals surface area contributed by atoms with Gasteiger partial charge in [0.2, 0.25) is 5.91 Å². The summed E-state index contributed by atoms with van der Waals surface area (Å²) in [5.74, 6) is -1.17. The highest BCUT2D eigenvalue weighted by atomic mass is 35.5. The summed E-state index contributed by atoms with van der Waals surface area (Å²) >= 11 is 6.14. The van der Waals surface area contributed by atoms with Crippen molar-refractivity contribution in [2.24, 2.45) is 5.73 Å². The summed E-state index contributed by atoms with van der Waals surface area (Å²) in [6.07, 6.45) is 0. The van der Waals surface area contributed by atoms with E-state index >= 15 is 0 Å². The highest BCUT2D eigenvalue weighted by molar-refractivity contribution is 6.38. The van der Waals surface area contributed by atoms with Crippen LogP contribution in [-0.4, -0.2) is 67.3 Å². The minimum absolute atomic E-state index is 0.159. The molecule has 0 bridgehead atoms. The normalized spacial score (nSPS) is 16.8. The zero-order valence-corrected chi connectivity index (χ0v) is 22.2. The first-order valence-electron chi connectivity index (χ1n) is 12.6. The molecule has 1 saturated heterocycles. The van der Waals surface area contributed by atoms with Gasteiger partial charge in [0, 0.05) is 42.5 Å². The molecule has 3 aromatic carbocycles. The number of halogens is 1. The molecule has 0 spiro atoms. The molecule has 5 rings (SSSR count). The van der Waals surface area contributed by atoms with E-state index in [1.165, 1.54) is 0 Å². The van der Waals surface area contributed by atoms with Gasteiger partial charge >= 0.3 is 0 Å². The second kappa shape index (κ2) is 11.3. The fourth-order valence-corrected chi connectivity index (χ4v) is 4.93. The van der Waals surface area contributed by atoms with E-state index in [0.717, 1.165) is 31.7 Å². The fourth-order valence-electron chi connectivity index (χ4n) is 4.76. The molecule has 9 nitrogen and oxygen atoms in total. The first kappa shape index (κ1) is 26.4. The van der Waals surface area contributed by atoms with E-state index in [0.29, 0.717) is 38.9 Å². The third kappa shape index (κ3) is 5.96. The Morgan fingerprint density at radius 2 is 1.72 bits per heavy atom. The van der Waals surface area contributed by atoms with E-state index in [9.17, 15) is 14.4 Å². The van der Waals surface area contributed by atoms with E-state index in [1.54, 1.807) is 36.4 Å². The number of anilines is 3. The van der Waals surface area contributed by atoms with Gasteiger partial charge in [-0.15, -0.1) is 0 Å². The molecule has 3 aromatic rings. The van der Waals surface area contributed by atoms with Crippen molar-refractivity contribution in [3.05, 3.63) is 88.4 Å². The molecule has 2 aliphatic rings. The number of fused-ring (bicyclic) bond motifs is 1. The van der Waals surface area contributed by atoms with Crippen LogP contribution in [0.3, 0.4) is 0 Å². The minimum Gasteiger partial charge on any atom is -0.366 e. The van der Waals surface area contributed by atoms with E-state index < -0.39 is 5.91 Å². The number of nitrogens with one attached hydrogen (secondary N) is 3. The van der Waals surface area contributed by atoms with Gasteiger partial charge in [0.25, 0.3) is 11.8 Å². The number of piperazine rings is 1. The van der Waals surface area contributed by atoms with Gasteiger partial charge in [-0.3, -0.25) is 19.3 Å². The third-order valence-corrected chi connectivity index (χ3v) is 7.07. The van der Waals surface area contributed by atoms with E-state index in [4.69, 9.17) is 17.3 Å². The number of hydrogen-bond donors (Lipinski definition) is 4. The zero-order valence-electron chi connectivity index (χ0n) is 21.5. The van der Waals surface area contributed by atoms with Crippen LogP contribution in [0.2, 0.25) is 5.02 Å². The number of amides is 3. The number of benzene rings is 3. The first-order chi connectivity index (χ1) is 18.8. The number of carbonyl (C=O) groups excluding carboxylic acids is 3. The van der Waals surface area contributed by atoms with Crippen LogP contribution in [0.25, 0.3) is 11.3 Å². The quantitative estimate of drug-likeness (QED) is 0.338. The fraction of sp³-hybridized carbons (Fsp3) is 0.207. The number of hydrogen-bond acceptors (Lipinski definition) is 6. The Hall–Kier alpha value is -4.18. The average Bonchev–Trinajstić information content (AvgIpc) is 3.24. The van der Waals surface area contributed by atoms with Crippen molar-refractivity contribution >= 4 is 57.7 Å². The summed E-state index contributed by atoms with van der Waals surface area (Å²) in [7, 11) is 2.05. The second-order valence-corrected chi connectivity index (χ2v) is 10.1. The summed E-state index contributed by atoms with van der Waals surface area (Å²) in [4.78, 5) is 42.5. The largest absolute Gasteiger partial charge is 0.366 e. The van der Waals surface area contributed by atoms with Crippen LogP contribution in [0.5, 0.6) is 0 Å². The lowest BCUT2D eigenvalue weighted by molar-refractivity contribution is -0.117. The van der Waals surface area contributed by atoms with Gasteiger partial charge in [-0.25, -0.2) is 0 Å². The van der Waals surface area contributed by atoms with Crippen molar-refractivity contribution in [2.45, 2.75) is 0 Å². The number of nitrogens with two attached hydrogens (primary N) is 1. The maximum atomic E-state index is 13.1. The zero-order chi connectivity index (χ0) is 27.5. The minimum atomic E-state index is -0.680. The summed E-state index contributed by atoms with van der Waals surface area (Å²) in [6, 6.07) is 19.6. The summed E-state index contributed by atoms with van der Waals surface area (Å²) in [6.45, 7) is 3.63. The molecule has 0 radical (unpaired) electrons. The van der Waals surface area contributed by atoms with Crippen LogP contribution in [0.1, 0.15) is 21.5 Å². The number of carbonyl (C=O) groups is 3. The van der Waals surface area contributed by atoms with Crippen LogP contribution in [0.4, 0.5) is 17.1 Å². The molecule has 3 amide bonds. The summed E-state index contributed by atoms with van der Waals surface area (Å²) in [5, 5.41) is 9.54. The Labute approximate surface area is 231 Å². The van der Waals surface area contributed by atoms with Crippen LogP contribution in [0, 0.1) is 0 Å². The maximum Gasteiger partial charge on any atom is 0.258 e. The van der Waals surface area contributed by atoms with Gasteiger partial charge < -0.3 is 26.6 Å². The van der Waals surface area contributed by atoms with E-state index in [2.05, 4.69) is 32.8 Å². The Kier molecular flexibility index (Phi) is 7.65. The average molecular weight is 545 g/mol. The predicted octanol–water partition coefficient (Wildman–Crippen LogP) is 3.56. The maximum absolute atomic E-state index is 13.1. The van der Waals surface area contributed by atoms with Crippen LogP contribution < -0.4 is 21.7 Å². The highest BCUT2D eigenvalue weighted by Crippen LogP contribution is 2.39. The molecule has 10 heteroatoms. The molecule has 0 aromatic heterocycles. The topological polar surface area (TPSA) is 120 Å². The van der Waals surface area contributed by atoms with E-state index in [1.807, 2.05) is 30.3 Å². The van der Waals surface area contributed by atoms with E-state index in [-0.39, 0.29) is 23.9 Å². The monoisotopic (exact) mass is 544 g/mol. The standard InChI is InChI=1S/C29H29ClN6O3/c1-35-11-13-36(14-12-35)17-25(37)33-23-10-8-20(16-22(23)28(31)38)32-27(18-5-3-2-4-6-18)26-21-9-7-19(30)15-24(21)34-29(26)39/h2-10,15-16,32H,11-14,17H2,1H3,(H2,31,38)(H,33,37)(H,34,39)/b27-26-. The summed E-state index contributed by atoms with van der Waals surface area (Å²) < 4.78 is 0. The molecule has 2 heterocycles. The molecule has 2 aliphatic heterocycles. The van der Waals surface area contributed by atoms with Crippen LogP contribution in [0.15, 0.2) is 66.7 Å². The van der Waals surface area contributed by atoms with Crippen molar-refractivity contribution in [2.75, 3.05) is 55.7 Å². The van der Waals surface area contributed by atoms with Crippen LogP contribution in [-0.2, 0) is 9.59 Å². The Morgan fingerprint density at radius 1 is 0.974 bits per heavy atom. The predicted molar refractivity (Wildman–Crippen MR) is 154 cm³/mol. The molecule has 0 atom stereocenters. The van der Waals surface area contributed by atoms with Crippen molar-refractivity contribution < 1.29 is 14.4 Å². The SMILES string of the molecule is CN1CCN(CC(=O)Nc2ccc(N/C(=C3\C(=O)Nc4cc(Cl)ccc43)c3ccccc3)cc2C(N)=O)CC1. The molecule has 0 unspecified atom stereocenters. The first-order valence-corrected chi connectivity index (χ1v) is 13.0. The Balaban J connectivity index is 1.45. The van der Waals surface area contributed by atoms with Crippen molar-refractivity contribution in [1.82, 2.24) is 9.80 Å². The molecule has 0 saturated carbocycles. The van der Waals surface area contributed by atoms with Gasteiger partial charge in [-0.2, -0.15) is 0 Å². The molecule has 200 valence electrons. The van der Waals surface area contributed by atoms with Gasteiger partial charge in [0.15, 0.2) is 0 Å². The Bertz CT molecular complexity index is 1470. The second-order valence-electron chi connectivity index (χ2n) is 9.64. The molecule has 0 aliphatic carbocycles. The lowest BCUT2D eigenvalue weighted by Gasteiger charge is -2.31. The van der Waals surface area contributed by atoms with Crippen molar-refractivity contribution in [3.63, 3.8) is 0 Å². The number of likely N-dealkylation sites (N-methyl/N-ethyl adjacent to an activating group) is 1. The van der Waals surface area contributed by atoms with Crippen molar-refractivity contribution in [1.29, 1.82) is 0 Å². The lowest BCUT2D eigenvalue weighted by atomic mass is 10.00. The smallest absolute Gasteiger partial charge is 0.258 e.